The highest BCUT2D eigenvalue weighted by atomic mass is 35.5. The van der Waals surface area contributed by atoms with Crippen molar-refractivity contribution in [2.75, 3.05) is 0 Å². The molecular formula is C13H7ClF2OS. The van der Waals surface area contributed by atoms with E-state index < -0.39 is 11.6 Å². The first-order valence-electron chi connectivity index (χ1n) is 4.98. The lowest BCUT2D eigenvalue weighted by Crippen LogP contribution is -1.88. The maximum Gasteiger partial charge on any atom is 0.151 e. The van der Waals surface area contributed by atoms with Crippen molar-refractivity contribution < 1.29 is 13.6 Å². The molecule has 0 aliphatic heterocycles. The number of halogens is 3. The quantitative estimate of drug-likeness (QED) is 0.767. The third kappa shape index (κ3) is 2.89. The molecule has 0 atom stereocenters. The van der Waals surface area contributed by atoms with E-state index in [1.54, 1.807) is 12.1 Å². The molecule has 5 heteroatoms. The predicted molar refractivity (Wildman–Crippen MR) is 67.3 cm³/mol. The van der Waals surface area contributed by atoms with E-state index in [0.29, 0.717) is 21.8 Å². The Morgan fingerprint density at radius 3 is 2.56 bits per heavy atom. The van der Waals surface area contributed by atoms with Crippen molar-refractivity contribution in [3.8, 4) is 0 Å². The van der Waals surface area contributed by atoms with Gasteiger partial charge in [-0.15, -0.1) is 0 Å². The predicted octanol–water partition coefficient (Wildman–Crippen LogP) is 4.58. The third-order valence-electron chi connectivity index (χ3n) is 2.21. The molecule has 0 aromatic heterocycles. The largest absolute Gasteiger partial charge is 0.298 e. The summed E-state index contributed by atoms with van der Waals surface area (Å²) in [6.07, 6.45) is 0.630. The van der Waals surface area contributed by atoms with Crippen LogP contribution in [0.5, 0.6) is 0 Å². The summed E-state index contributed by atoms with van der Waals surface area (Å²) in [5.74, 6) is -1.06. The van der Waals surface area contributed by atoms with Gasteiger partial charge >= 0.3 is 0 Å². The molecule has 2 aromatic carbocycles. The van der Waals surface area contributed by atoms with E-state index in [1.807, 2.05) is 0 Å². The summed E-state index contributed by atoms with van der Waals surface area (Å²) >= 11 is 6.74. The Bertz CT molecular complexity index is 602. The highest BCUT2D eigenvalue weighted by molar-refractivity contribution is 7.99. The van der Waals surface area contributed by atoms with E-state index in [2.05, 4.69) is 0 Å². The van der Waals surface area contributed by atoms with Crippen LogP contribution < -0.4 is 0 Å². The lowest BCUT2D eigenvalue weighted by molar-refractivity contribution is 0.112. The van der Waals surface area contributed by atoms with Crippen LogP contribution in [0.3, 0.4) is 0 Å². The lowest BCUT2D eigenvalue weighted by atomic mass is 10.2. The van der Waals surface area contributed by atoms with Crippen LogP contribution in [0.25, 0.3) is 0 Å². The van der Waals surface area contributed by atoms with Crippen molar-refractivity contribution in [1.82, 2.24) is 0 Å². The molecule has 0 fully saturated rings. The molecule has 2 aromatic rings. The van der Waals surface area contributed by atoms with Crippen molar-refractivity contribution in [1.29, 1.82) is 0 Å². The van der Waals surface area contributed by atoms with Gasteiger partial charge in [0.15, 0.2) is 6.29 Å². The second-order valence-electron chi connectivity index (χ2n) is 3.48. The fourth-order valence-electron chi connectivity index (χ4n) is 1.38. The minimum Gasteiger partial charge on any atom is -0.298 e. The van der Waals surface area contributed by atoms with Gasteiger partial charge in [-0.3, -0.25) is 4.79 Å². The molecule has 18 heavy (non-hydrogen) atoms. The van der Waals surface area contributed by atoms with Gasteiger partial charge in [-0.1, -0.05) is 23.4 Å². The minimum absolute atomic E-state index is 0.125. The Kier molecular flexibility index (Phi) is 3.99. The van der Waals surface area contributed by atoms with Crippen molar-refractivity contribution >= 4 is 29.6 Å². The summed E-state index contributed by atoms with van der Waals surface area (Å²) in [7, 11) is 0. The molecule has 0 saturated carbocycles. The molecule has 0 saturated heterocycles. The first kappa shape index (κ1) is 13.1. The maximum absolute atomic E-state index is 13.5. The van der Waals surface area contributed by atoms with E-state index >= 15 is 0 Å². The highest BCUT2D eigenvalue weighted by Crippen LogP contribution is 2.33. The molecule has 1 nitrogen and oxygen atoms in total. The minimum atomic E-state index is -0.534. The van der Waals surface area contributed by atoms with Gasteiger partial charge in [0.2, 0.25) is 0 Å². The molecule has 0 bridgehead atoms. The number of hydrogen-bond acceptors (Lipinski definition) is 2. The standard InChI is InChI=1S/C13H7ClF2OS/c14-9-1-4-12(8(5-9)7-17)18-13-6-10(15)2-3-11(13)16/h1-7H. The van der Waals surface area contributed by atoms with Crippen molar-refractivity contribution in [2.24, 2.45) is 0 Å². The monoisotopic (exact) mass is 284 g/mol. The van der Waals surface area contributed by atoms with Gasteiger partial charge in [0, 0.05) is 15.5 Å². The third-order valence-corrected chi connectivity index (χ3v) is 3.57. The fraction of sp³-hybridized carbons (Fsp3) is 0. The lowest BCUT2D eigenvalue weighted by Gasteiger charge is -2.06. The second kappa shape index (κ2) is 5.50. The van der Waals surface area contributed by atoms with Crippen molar-refractivity contribution in [3.63, 3.8) is 0 Å². The van der Waals surface area contributed by atoms with E-state index in [9.17, 15) is 13.6 Å². The Labute approximate surface area is 112 Å². The SMILES string of the molecule is O=Cc1cc(Cl)ccc1Sc1cc(F)ccc1F. The zero-order valence-electron chi connectivity index (χ0n) is 8.99. The zero-order chi connectivity index (χ0) is 13.1. The Morgan fingerprint density at radius 2 is 1.83 bits per heavy atom. The summed E-state index contributed by atoms with van der Waals surface area (Å²) < 4.78 is 26.5. The van der Waals surface area contributed by atoms with Crippen LogP contribution in [0.2, 0.25) is 5.02 Å². The van der Waals surface area contributed by atoms with Crippen LogP contribution in [0.1, 0.15) is 10.4 Å². The summed E-state index contributed by atoms with van der Waals surface area (Å²) in [5, 5.41) is 0.418. The number of carbonyl (C=O) groups is 1. The average Bonchev–Trinajstić information content (AvgIpc) is 2.36. The molecule has 0 unspecified atom stereocenters. The van der Waals surface area contributed by atoms with Crippen LogP contribution in [0, 0.1) is 11.6 Å². The molecule has 0 heterocycles. The van der Waals surface area contributed by atoms with Gasteiger partial charge in [0.1, 0.15) is 11.6 Å². The fourth-order valence-corrected chi connectivity index (χ4v) is 2.49. The van der Waals surface area contributed by atoms with Crippen LogP contribution in [-0.2, 0) is 0 Å². The number of carbonyl (C=O) groups excluding carboxylic acids is 1. The van der Waals surface area contributed by atoms with Gasteiger partial charge in [-0.05, 0) is 36.4 Å². The topological polar surface area (TPSA) is 17.1 Å². The van der Waals surface area contributed by atoms with Crippen molar-refractivity contribution in [3.05, 3.63) is 58.6 Å². The van der Waals surface area contributed by atoms with E-state index in [4.69, 9.17) is 11.6 Å². The number of hydrogen-bond donors (Lipinski definition) is 0. The van der Waals surface area contributed by atoms with Gasteiger partial charge in [-0.25, -0.2) is 8.78 Å². The molecule has 0 radical (unpaired) electrons. The molecule has 0 aliphatic carbocycles. The van der Waals surface area contributed by atoms with Gasteiger partial charge in [0.25, 0.3) is 0 Å². The molecule has 0 spiro atoms. The molecule has 0 aliphatic rings. The summed E-state index contributed by atoms with van der Waals surface area (Å²) in [4.78, 5) is 11.5. The molecular weight excluding hydrogens is 278 g/mol. The van der Waals surface area contributed by atoms with E-state index in [-0.39, 0.29) is 4.90 Å². The van der Waals surface area contributed by atoms with E-state index in [1.165, 1.54) is 6.07 Å². The Hall–Kier alpha value is -1.39. The number of aldehydes is 1. The molecule has 2 rings (SSSR count). The molecule has 92 valence electrons. The first-order valence-corrected chi connectivity index (χ1v) is 6.17. The Morgan fingerprint density at radius 1 is 1.06 bits per heavy atom. The zero-order valence-corrected chi connectivity index (χ0v) is 10.6. The first-order chi connectivity index (χ1) is 8.60. The summed E-state index contributed by atoms with van der Waals surface area (Å²) in [5.41, 5.74) is 0.344. The molecule has 0 N–H and O–H groups in total. The normalized spacial score (nSPS) is 10.4. The van der Waals surface area contributed by atoms with Crippen LogP contribution >= 0.6 is 23.4 Å². The summed E-state index contributed by atoms with van der Waals surface area (Å²) in [6.45, 7) is 0. The highest BCUT2D eigenvalue weighted by Gasteiger charge is 2.09. The van der Waals surface area contributed by atoms with Crippen LogP contribution in [-0.4, -0.2) is 6.29 Å². The summed E-state index contributed by atoms with van der Waals surface area (Å²) in [6, 6.07) is 7.85. The maximum atomic E-state index is 13.5. The Balaban J connectivity index is 2.39. The van der Waals surface area contributed by atoms with Crippen molar-refractivity contribution in [2.45, 2.75) is 9.79 Å². The van der Waals surface area contributed by atoms with Crippen LogP contribution in [0.15, 0.2) is 46.2 Å². The smallest absolute Gasteiger partial charge is 0.151 e. The average molecular weight is 285 g/mol. The van der Waals surface area contributed by atoms with Gasteiger partial charge in [0.05, 0.1) is 4.90 Å². The number of rotatable bonds is 3. The van der Waals surface area contributed by atoms with Gasteiger partial charge < -0.3 is 0 Å². The van der Waals surface area contributed by atoms with Gasteiger partial charge in [-0.2, -0.15) is 0 Å². The second-order valence-corrected chi connectivity index (χ2v) is 5.00. The van der Waals surface area contributed by atoms with Crippen LogP contribution in [0.4, 0.5) is 8.78 Å². The number of benzene rings is 2. The van der Waals surface area contributed by atoms with E-state index in [0.717, 1.165) is 30.0 Å². The molecule has 0 amide bonds.